The molecule has 0 aromatic heterocycles. The van der Waals surface area contributed by atoms with Crippen LogP contribution in [0.15, 0.2) is 0 Å². The van der Waals surface area contributed by atoms with Crippen molar-refractivity contribution < 1.29 is 9.47 Å². The van der Waals surface area contributed by atoms with Gasteiger partial charge in [-0.15, -0.1) is 0 Å². The first-order valence-electron chi connectivity index (χ1n) is 5.49. The molecule has 0 heterocycles. The number of likely N-dealkylation sites (N-methyl/N-ethyl adjacent to an activating group) is 1. The number of hydrogen-bond donors (Lipinski definition) is 0. The number of ether oxygens (including phenoxy) is 2. The SMILES string of the molecule is CCN(CC)C(C)C(C)OC(C)OC. The Morgan fingerprint density at radius 1 is 1.07 bits per heavy atom. The van der Waals surface area contributed by atoms with E-state index in [4.69, 9.17) is 9.47 Å². The summed E-state index contributed by atoms with van der Waals surface area (Å²) in [4.78, 5) is 2.38. The zero-order valence-electron chi connectivity index (χ0n) is 10.4. The van der Waals surface area contributed by atoms with Crippen molar-refractivity contribution in [2.75, 3.05) is 20.2 Å². The molecule has 0 fully saturated rings. The van der Waals surface area contributed by atoms with Crippen LogP contribution in [0.25, 0.3) is 0 Å². The van der Waals surface area contributed by atoms with E-state index in [9.17, 15) is 0 Å². The van der Waals surface area contributed by atoms with Crippen LogP contribution in [0.4, 0.5) is 0 Å². The molecular weight excluding hydrogens is 178 g/mol. The summed E-state index contributed by atoms with van der Waals surface area (Å²) in [6.45, 7) is 12.7. The summed E-state index contributed by atoms with van der Waals surface area (Å²) < 4.78 is 10.8. The van der Waals surface area contributed by atoms with Crippen LogP contribution in [-0.4, -0.2) is 43.5 Å². The lowest BCUT2D eigenvalue weighted by Gasteiger charge is -2.32. The van der Waals surface area contributed by atoms with Crippen LogP contribution in [0.3, 0.4) is 0 Å². The van der Waals surface area contributed by atoms with Gasteiger partial charge in [-0.3, -0.25) is 4.90 Å². The van der Waals surface area contributed by atoms with Crippen LogP contribution in [0, 0.1) is 0 Å². The second kappa shape index (κ2) is 7.21. The Labute approximate surface area is 88.4 Å². The molecule has 0 radical (unpaired) electrons. The van der Waals surface area contributed by atoms with Gasteiger partial charge in [-0.25, -0.2) is 0 Å². The molecule has 0 aliphatic rings. The smallest absolute Gasteiger partial charge is 0.154 e. The van der Waals surface area contributed by atoms with Crippen LogP contribution < -0.4 is 0 Å². The van der Waals surface area contributed by atoms with Crippen molar-refractivity contribution in [3.8, 4) is 0 Å². The van der Waals surface area contributed by atoms with Crippen LogP contribution in [0.2, 0.25) is 0 Å². The maximum Gasteiger partial charge on any atom is 0.154 e. The molecule has 0 spiro atoms. The average Bonchev–Trinajstić information content (AvgIpc) is 2.19. The van der Waals surface area contributed by atoms with Gasteiger partial charge in [-0.05, 0) is 33.9 Å². The molecule has 0 aromatic carbocycles. The number of rotatable bonds is 7. The number of methoxy groups -OCH3 is 1. The molecule has 3 unspecified atom stereocenters. The van der Waals surface area contributed by atoms with E-state index >= 15 is 0 Å². The van der Waals surface area contributed by atoms with Crippen molar-refractivity contribution in [3.05, 3.63) is 0 Å². The quantitative estimate of drug-likeness (QED) is 0.592. The van der Waals surface area contributed by atoms with Crippen molar-refractivity contribution in [1.29, 1.82) is 0 Å². The lowest BCUT2D eigenvalue weighted by atomic mass is 10.2. The van der Waals surface area contributed by atoms with E-state index in [1.807, 2.05) is 6.92 Å². The Balaban J connectivity index is 4.02. The van der Waals surface area contributed by atoms with Gasteiger partial charge in [0.1, 0.15) is 0 Å². The summed E-state index contributed by atoms with van der Waals surface area (Å²) in [5.74, 6) is 0. The zero-order chi connectivity index (χ0) is 11.1. The molecular formula is C11H25NO2. The molecule has 0 aliphatic heterocycles. The fourth-order valence-electron chi connectivity index (χ4n) is 1.57. The summed E-state index contributed by atoms with van der Waals surface area (Å²) in [5.41, 5.74) is 0. The lowest BCUT2D eigenvalue weighted by molar-refractivity contribution is -0.154. The van der Waals surface area contributed by atoms with Gasteiger partial charge in [0.2, 0.25) is 0 Å². The monoisotopic (exact) mass is 203 g/mol. The molecule has 3 nitrogen and oxygen atoms in total. The van der Waals surface area contributed by atoms with E-state index in [1.54, 1.807) is 7.11 Å². The molecule has 14 heavy (non-hydrogen) atoms. The highest BCUT2D eigenvalue weighted by Gasteiger charge is 2.19. The first-order valence-corrected chi connectivity index (χ1v) is 5.49. The number of nitrogens with zero attached hydrogens (tertiary/aromatic N) is 1. The van der Waals surface area contributed by atoms with Crippen LogP contribution >= 0.6 is 0 Å². The molecule has 0 saturated carbocycles. The summed E-state index contributed by atoms with van der Waals surface area (Å²) >= 11 is 0. The molecule has 0 N–H and O–H groups in total. The third-order valence-electron chi connectivity index (χ3n) is 2.81. The van der Waals surface area contributed by atoms with E-state index in [-0.39, 0.29) is 12.4 Å². The number of hydrogen-bond acceptors (Lipinski definition) is 3. The van der Waals surface area contributed by atoms with Gasteiger partial charge in [-0.2, -0.15) is 0 Å². The molecule has 0 aromatic rings. The first kappa shape index (κ1) is 13.9. The largest absolute Gasteiger partial charge is 0.356 e. The standard InChI is InChI=1S/C11H25NO2/c1-7-12(8-2)9(3)10(4)14-11(5)13-6/h9-11H,7-8H2,1-6H3. The Kier molecular flexibility index (Phi) is 7.15. The molecule has 3 atom stereocenters. The molecule has 86 valence electrons. The minimum absolute atomic E-state index is 0.122. The minimum atomic E-state index is -0.122. The fraction of sp³-hybridized carbons (Fsp3) is 1.00. The maximum absolute atomic E-state index is 5.68. The third-order valence-corrected chi connectivity index (χ3v) is 2.81. The molecule has 0 amide bonds. The van der Waals surface area contributed by atoms with Gasteiger partial charge in [0.05, 0.1) is 6.10 Å². The van der Waals surface area contributed by atoms with Crippen molar-refractivity contribution in [1.82, 2.24) is 4.90 Å². The summed E-state index contributed by atoms with van der Waals surface area (Å²) in [7, 11) is 1.67. The Morgan fingerprint density at radius 2 is 1.57 bits per heavy atom. The Morgan fingerprint density at radius 3 is 1.93 bits per heavy atom. The predicted molar refractivity (Wildman–Crippen MR) is 59.4 cm³/mol. The highest BCUT2D eigenvalue weighted by atomic mass is 16.7. The second-order valence-corrected chi connectivity index (χ2v) is 3.61. The van der Waals surface area contributed by atoms with Gasteiger partial charge in [0.15, 0.2) is 6.29 Å². The predicted octanol–water partition coefficient (Wildman–Crippen LogP) is 2.11. The minimum Gasteiger partial charge on any atom is -0.356 e. The van der Waals surface area contributed by atoms with E-state index in [0.717, 1.165) is 13.1 Å². The van der Waals surface area contributed by atoms with Crippen LogP contribution in [0.1, 0.15) is 34.6 Å². The molecule has 3 heteroatoms. The third kappa shape index (κ3) is 4.40. The first-order chi connectivity index (χ1) is 6.56. The van der Waals surface area contributed by atoms with Gasteiger partial charge in [0.25, 0.3) is 0 Å². The van der Waals surface area contributed by atoms with E-state index in [1.165, 1.54) is 0 Å². The van der Waals surface area contributed by atoms with E-state index < -0.39 is 0 Å². The molecule has 0 aliphatic carbocycles. The van der Waals surface area contributed by atoms with Crippen LogP contribution in [0.5, 0.6) is 0 Å². The van der Waals surface area contributed by atoms with E-state index in [2.05, 4.69) is 32.6 Å². The summed E-state index contributed by atoms with van der Waals surface area (Å²) in [5, 5.41) is 0. The normalized spacial score (nSPS) is 18.2. The highest BCUT2D eigenvalue weighted by Crippen LogP contribution is 2.09. The lowest BCUT2D eigenvalue weighted by Crippen LogP contribution is -2.42. The van der Waals surface area contributed by atoms with Gasteiger partial charge < -0.3 is 9.47 Å². The van der Waals surface area contributed by atoms with Crippen molar-refractivity contribution in [2.24, 2.45) is 0 Å². The van der Waals surface area contributed by atoms with Crippen molar-refractivity contribution in [3.63, 3.8) is 0 Å². The Bertz CT molecular complexity index is 137. The van der Waals surface area contributed by atoms with Crippen LogP contribution in [-0.2, 0) is 9.47 Å². The fourth-order valence-corrected chi connectivity index (χ4v) is 1.57. The average molecular weight is 203 g/mol. The maximum atomic E-state index is 5.68. The second-order valence-electron chi connectivity index (χ2n) is 3.61. The highest BCUT2D eigenvalue weighted by molar-refractivity contribution is 4.71. The van der Waals surface area contributed by atoms with Gasteiger partial charge in [-0.1, -0.05) is 13.8 Å². The van der Waals surface area contributed by atoms with Gasteiger partial charge >= 0.3 is 0 Å². The molecule has 0 saturated heterocycles. The topological polar surface area (TPSA) is 21.7 Å². The van der Waals surface area contributed by atoms with Crippen molar-refractivity contribution >= 4 is 0 Å². The molecule has 0 rings (SSSR count). The summed E-state index contributed by atoms with van der Waals surface area (Å²) in [6.07, 6.45) is 0.0767. The van der Waals surface area contributed by atoms with E-state index in [0.29, 0.717) is 6.04 Å². The Hall–Kier alpha value is -0.120. The van der Waals surface area contributed by atoms with Crippen molar-refractivity contribution in [2.45, 2.75) is 53.1 Å². The molecule has 0 bridgehead atoms. The summed E-state index contributed by atoms with van der Waals surface area (Å²) in [6, 6.07) is 0.433. The van der Waals surface area contributed by atoms with Gasteiger partial charge in [0, 0.05) is 13.2 Å². The zero-order valence-corrected chi connectivity index (χ0v) is 10.4.